The Balaban J connectivity index is 3.27. The molecular formula is C11H14N2O5. The zero-order valence-corrected chi connectivity index (χ0v) is 10.0. The van der Waals surface area contributed by atoms with Crippen LogP contribution in [0, 0.1) is 10.1 Å². The first-order chi connectivity index (χ1) is 8.38. The first kappa shape index (κ1) is 13.9. The Morgan fingerprint density at radius 2 is 2.17 bits per heavy atom. The van der Waals surface area contributed by atoms with Gasteiger partial charge in [0.05, 0.1) is 22.8 Å². The Morgan fingerprint density at radius 1 is 1.56 bits per heavy atom. The van der Waals surface area contributed by atoms with Gasteiger partial charge in [0.2, 0.25) is 0 Å². The molecule has 0 saturated heterocycles. The lowest BCUT2D eigenvalue weighted by molar-refractivity contribution is -0.384. The Labute approximate surface area is 103 Å². The second-order valence-corrected chi connectivity index (χ2v) is 3.91. The number of anilines is 1. The highest BCUT2D eigenvalue weighted by Gasteiger charge is 2.20. The first-order valence-electron chi connectivity index (χ1n) is 5.24. The van der Waals surface area contributed by atoms with E-state index in [0.717, 1.165) is 6.07 Å². The molecule has 7 heteroatoms. The number of hydrogen-bond donors (Lipinski definition) is 2. The third-order valence-corrected chi connectivity index (χ3v) is 2.73. The summed E-state index contributed by atoms with van der Waals surface area (Å²) in [5.41, 5.74) is -0.108. The largest absolute Gasteiger partial charge is 0.478 e. The molecule has 0 fully saturated rings. The maximum Gasteiger partial charge on any atom is 0.338 e. The SMILES string of the molecule is CC(CO)N(C)c1ccc([N+](=O)[O-])cc1C(=O)O. The molecule has 0 saturated carbocycles. The van der Waals surface area contributed by atoms with E-state index in [1.165, 1.54) is 12.1 Å². The summed E-state index contributed by atoms with van der Waals surface area (Å²) in [6.07, 6.45) is 0. The molecule has 1 aromatic carbocycles. The van der Waals surface area contributed by atoms with Gasteiger partial charge in [-0.15, -0.1) is 0 Å². The number of carbonyl (C=O) groups is 1. The van der Waals surface area contributed by atoms with Crippen LogP contribution in [0.25, 0.3) is 0 Å². The lowest BCUT2D eigenvalue weighted by Crippen LogP contribution is -2.33. The highest BCUT2D eigenvalue weighted by Crippen LogP contribution is 2.26. The second-order valence-electron chi connectivity index (χ2n) is 3.91. The lowest BCUT2D eigenvalue weighted by Gasteiger charge is -2.26. The lowest BCUT2D eigenvalue weighted by atomic mass is 10.1. The van der Waals surface area contributed by atoms with Crippen molar-refractivity contribution in [3.8, 4) is 0 Å². The molecule has 0 spiro atoms. The minimum atomic E-state index is -1.24. The van der Waals surface area contributed by atoms with Gasteiger partial charge in [0.15, 0.2) is 0 Å². The third-order valence-electron chi connectivity index (χ3n) is 2.73. The average Bonchev–Trinajstić information content (AvgIpc) is 2.35. The van der Waals surface area contributed by atoms with E-state index in [2.05, 4.69) is 0 Å². The van der Waals surface area contributed by atoms with E-state index in [4.69, 9.17) is 10.2 Å². The molecule has 0 aliphatic carbocycles. The highest BCUT2D eigenvalue weighted by atomic mass is 16.6. The molecule has 18 heavy (non-hydrogen) atoms. The third kappa shape index (κ3) is 2.75. The number of hydrogen-bond acceptors (Lipinski definition) is 5. The highest BCUT2D eigenvalue weighted by molar-refractivity contribution is 5.95. The number of carboxylic acid groups (broad SMARTS) is 1. The number of carboxylic acids is 1. The van der Waals surface area contributed by atoms with Crippen LogP contribution in [0.5, 0.6) is 0 Å². The first-order valence-corrected chi connectivity index (χ1v) is 5.24. The molecule has 7 nitrogen and oxygen atoms in total. The average molecular weight is 254 g/mol. The fourth-order valence-corrected chi connectivity index (χ4v) is 1.48. The van der Waals surface area contributed by atoms with Crippen LogP contribution in [0.1, 0.15) is 17.3 Å². The van der Waals surface area contributed by atoms with Gasteiger partial charge in [0.1, 0.15) is 0 Å². The van der Waals surface area contributed by atoms with E-state index in [1.54, 1.807) is 18.9 Å². The molecule has 2 N–H and O–H groups in total. The van der Waals surface area contributed by atoms with Gasteiger partial charge in [0, 0.05) is 25.2 Å². The monoisotopic (exact) mass is 254 g/mol. The van der Waals surface area contributed by atoms with Crippen LogP contribution in [0.2, 0.25) is 0 Å². The van der Waals surface area contributed by atoms with Crippen LogP contribution in [0.4, 0.5) is 11.4 Å². The van der Waals surface area contributed by atoms with Crippen molar-refractivity contribution in [3.05, 3.63) is 33.9 Å². The number of aliphatic hydroxyl groups is 1. The van der Waals surface area contributed by atoms with Crippen molar-refractivity contribution in [2.24, 2.45) is 0 Å². The van der Waals surface area contributed by atoms with Crippen molar-refractivity contribution >= 4 is 17.3 Å². The molecule has 1 aromatic rings. The molecular weight excluding hydrogens is 240 g/mol. The normalized spacial score (nSPS) is 11.9. The number of aromatic carboxylic acids is 1. The zero-order valence-electron chi connectivity index (χ0n) is 10.0. The standard InChI is InChI=1S/C11H14N2O5/c1-7(6-14)12(2)10-4-3-8(13(17)18)5-9(10)11(15)16/h3-5,7,14H,6H2,1-2H3,(H,15,16). The summed E-state index contributed by atoms with van der Waals surface area (Å²) in [7, 11) is 1.62. The van der Waals surface area contributed by atoms with Crippen molar-refractivity contribution < 1.29 is 19.9 Å². The maximum absolute atomic E-state index is 11.1. The summed E-state index contributed by atoms with van der Waals surface area (Å²) in [5, 5.41) is 28.7. The summed E-state index contributed by atoms with van der Waals surface area (Å²) in [6.45, 7) is 1.57. The fraction of sp³-hybridized carbons (Fsp3) is 0.364. The predicted molar refractivity (Wildman–Crippen MR) is 65.0 cm³/mol. The van der Waals surface area contributed by atoms with Gasteiger partial charge in [-0.05, 0) is 13.0 Å². The molecule has 0 bridgehead atoms. The molecule has 1 unspecified atom stereocenters. The molecule has 0 aliphatic heterocycles. The Hall–Kier alpha value is -2.15. The van der Waals surface area contributed by atoms with Crippen LogP contribution < -0.4 is 4.90 Å². The Bertz CT molecular complexity index is 475. The van der Waals surface area contributed by atoms with Crippen LogP contribution in [0.15, 0.2) is 18.2 Å². The molecule has 98 valence electrons. The van der Waals surface area contributed by atoms with Crippen molar-refractivity contribution in [2.75, 3.05) is 18.6 Å². The molecule has 0 amide bonds. The van der Waals surface area contributed by atoms with Gasteiger partial charge in [-0.25, -0.2) is 4.79 Å². The van der Waals surface area contributed by atoms with Gasteiger partial charge in [-0.3, -0.25) is 10.1 Å². The van der Waals surface area contributed by atoms with Crippen LogP contribution in [-0.4, -0.2) is 40.8 Å². The van der Waals surface area contributed by atoms with E-state index in [9.17, 15) is 14.9 Å². The Kier molecular flexibility index (Phi) is 4.22. The summed E-state index contributed by atoms with van der Waals surface area (Å²) < 4.78 is 0. The van der Waals surface area contributed by atoms with E-state index in [1.807, 2.05) is 0 Å². The van der Waals surface area contributed by atoms with E-state index in [-0.39, 0.29) is 23.9 Å². The quantitative estimate of drug-likeness (QED) is 0.602. The number of non-ortho nitro benzene ring substituents is 1. The maximum atomic E-state index is 11.1. The van der Waals surface area contributed by atoms with Gasteiger partial charge >= 0.3 is 5.97 Å². The second kappa shape index (κ2) is 5.46. The summed E-state index contributed by atoms with van der Waals surface area (Å²) >= 11 is 0. The fourth-order valence-electron chi connectivity index (χ4n) is 1.48. The van der Waals surface area contributed by atoms with Gasteiger partial charge in [-0.1, -0.05) is 0 Å². The minimum Gasteiger partial charge on any atom is -0.478 e. The molecule has 0 radical (unpaired) electrons. The van der Waals surface area contributed by atoms with Crippen molar-refractivity contribution in [1.29, 1.82) is 0 Å². The van der Waals surface area contributed by atoms with Crippen LogP contribution in [0.3, 0.4) is 0 Å². The van der Waals surface area contributed by atoms with E-state index in [0.29, 0.717) is 5.69 Å². The van der Waals surface area contributed by atoms with Crippen molar-refractivity contribution in [2.45, 2.75) is 13.0 Å². The number of likely N-dealkylation sites (N-methyl/N-ethyl adjacent to an activating group) is 1. The van der Waals surface area contributed by atoms with Gasteiger partial charge in [-0.2, -0.15) is 0 Å². The zero-order chi connectivity index (χ0) is 13.9. The number of nitro groups is 1. The van der Waals surface area contributed by atoms with Crippen LogP contribution >= 0.6 is 0 Å². The predicted octanol–water partition coefficient (Wildman–Crippen LogP) is 1.11. The topological polar surface area (TPSA) is 104 Å². The summed E-state index contributed by atoms with van der Waals surface area (Å²) in [6, 6.07) is 3.33. The van der Waals surface area contributed by atoms with Crippen molar-refractivity contribution in [1.82, 2.24) is 0 Å². The van der Waals surface area contributed by atoms with Crippen LogP contribution in [-0.2, 0) is 0 Å². The number of nitro benzene ring substituents is 1. The number of rotatable bonds is 5. The molecule has 0 heterocycles. The van der Waals surface area contributed by atoms with Crippen molar-refractivity contribution in [3.63, 3.8) is 0 Å². The van der Waals surface area contributed by atoms with Gasteiger partial charge in [0.25, 0.3) is 5.69 Å². The summed E-state index contributed by atoms with van der Waals surface area (Å²) in [4.78, 5) is 22.6. The molecule has 0 aromatic heterocycles. The molecule has 0 aliphatic rings. The molecule has 1 atom stereocenters. The Morgan fingerprint density at radius 3 is 2.61 bits per heavy atom. The smallest absolute Gasteiger partial charge is 0.338 e. The molecule has 1 rings (SSSR count). The van der Waals surface area contributed by atoms with Gasteiger partial charge < -0.3 is 15.1 Å². The van der Waals surface area contributed by atoms with E-state index < -0.39 is 10.9 Å². The number of nitrogens with zero attached hydrogens (tertiary/aromatic N) is 2. The summed E-state index contributed by atoms with van der Waals surface area (Å²) in [5.74, 6) is -1.24. The number of aliphatic hydroxyl groups excluding tert-OH is 1. The van der Waals surface area contributed by atoms with E-state index >= 15 is 0 Å². The minimum absolute atomic E-state index is 0.146. The number of benzene rings is 1.